The van der Waals surface area contributed by atoms with Crippen LogP contribution < -0.4 is 0 Å². The zero-order valence-corrected chi connectivity index (χ0v) is 7.33. The largest absolute Gasteiger partial charge is 0.463 e. The van der Waals surface area contributed by atoms with Crippen LogP contribution in [0, 0.1) is 11.8 Å². The summed E-state index contributed by atoms with van der Waals surface area (Å²) in [5.41, 5.74) is 0. The summed E-state index contributed by atoms with van der Waals surface area (Å²) in [7, 11) is 0. The van der Waals surface area contributed by atoms with E-state index in [-0.39, 0.29) is 25.1 Å². The van der Waals surface area contributed by atoms with Gasteiger partial charge in [0.25, 0.3) is 0 Å². The van der Waals surface area contributed by atoms with Gasteiger partial charge in [0, 0.05) is 0 Å². The van der Waals surface area contributed by atoms with Crippen LogP contribution in [-0.2, 0) is 9.53 Å². The molecule has 0 bridgehead atoms. The SMILES string of the molecule is CC(C)C(C)C(=O)OCCO. The number of carbonyl (C=O) groups is 1. The highest BCUT2D eigenvalue weighted by atomic mass is 16.5. The molecule has 1 atom stereocenters. The van der Waals surface area contributed by atoms with Gasteiger partial charge >= 0.3 is 5.97 Å². The predicted octanol–water partition coefficient (Wildman–Crippen LogP) is 0.814. The lowest BCUT2D eigenvalue weighted by Gasteiger charge is -2.13. The summed E-state index contributed by atoms with van der Waals surface area (Å²) in [6, 6.07) is 0. The number of hydrogen-bond acceptors (Lipinski definition) is 3. The Morgan fingerprint density at radius 1 is 1.45 bits per heavy atom. The van der Waals surface area contributed by atoms with E-state index in [1.54, 1.807) is 0 Å². The lowest BCUT2D eigenvalue weighted by molar-refractivity contribution is -0.150. The normalized spacial score (nSPS) is 13.2. The first-order valence-corrected chi connectivity index (χ1v) is 3.87. The van der Waals surface area contributed by atoms with Crippen molar-refractivity contribution in [2.24, 2.45) is 11.8 Å². The molecule has 3 heteroatoms. The van der Waals surface area contributed by atoms with Gasteiger partial charge in [-0.1, -0.05) is 20.8 Å². The average molecular weight is 160 g/mol. The summed E-state index contributed by atoms with van der Waals surface area (Å²) in [6.07, 6.45) is 0. The number of rotatable bonds is 4. The Bertz CT molecular complexity index is 121. The maximum atomic E-state index is 11.0. The van der Waals surface area contributed by atoms with Crippen molar-refractivity contribution in [2.45, 2.75) is 20.8 Å². The molecule has 3 nitrogen and oxygen atoms in total. The molecule has 0 rings (SSSR count). The maximum Gasteiger partial charge on any atom is 0.308 e. The Balaban J connectivity index is 3.64. The van der Waals surface area contributed by atoms with Gasteiger partial charge in [0.1, 0.15) is 6.61 Å². The van der Waals surface area contributed by atoms with Gasteiger partial charge in [-0.25, -0.2) is 0 Å². The third kappa shape index (κ3) is 3.98. The van der Waals surface area contributed by atoms with Crippen LogP contribution in [0.2, 0.25) is 0 Å². The van der Waals surface area contributed by atoms with E-state index in [1.165, 1.54) is 0 Å². The number of esters is 1. The van der Waals surface area contributed by atoms with Crippen LogP contribution in [-0.4, -0.2) is 24.3 Å². The van der Waals surface area contributed by atoms with Crippen LogP contribution in [0.25, 0.3) is 0 Å². The molecule has 1 N–H and O–H groups in total. The molecule has 0 saturated heterocycles. The van der Waals surface area contributed by atoms with Crippen molar-refractivity contribution in [2.75, 3.05) is 13.2 Å². The zero-order chi connectivity index (χ0) is 8.85. The van der Waals surface area contributed by atoms with E-state index in [2.05, 4.69) is 0 Å². The van der Waals surface area contributed by atoms with Crippen LogP contribution in [0.1, 0.15) is 20.8 Å². The van der Waals surface area contributed by atoms with Crippen LogP contribution in [0.5, 0.6) is 0 Å². The van der Waals surface area contributed by atoms with Gasteiger partial charge in [-0.15, -0.1) is 0 Å². The Kier molecular flexibility index (Phi) is 4.86. The molecule has 0 fully saturated rings. The smallest absolute Gasteiger partial charge is 0.308 e. The highest BCUT2D eigenvalue weighted by Gasteiger charge is 2.17. The summed E-state index contributed by atoms with van der Waals surface area (Å²) >= 11 is 0. The van der Waals surface area contributed by atoms with Crippen LogP contribution >= 0.6 is 0 Å². The van der Waals surface area contributed by atoms with Crippen molar-refractivity contribution in [1.29, 1.82) is 0 Å². The number of hydrogen-bond donors (Lipinski definition) is 1. The Hall–Kier alpha value is -0.570. The number of ether oxygens (including phenoxy) is 1. The Morgan fingerprint density at radius 2 is 2.00 bits per heavy atom. The van der Waals surface area contributed by atoms with Crippen molar-refractivity contribution < 1.29 is 14.6 Å². The highest BCUT2D eigenvalue weighted by Crippen LogP contribution is 2.10. The van der Waals surface area contributed by atoms with Gasteiger partial charge in [0.2, 0.25) is 0 Å². The average Bonchev–Trinajstić information content (AvgIpc) is 1.98. The quantitative estimate of drug-likeness (QED) is 0.619. The first-order chi connectivity index (χ1) is 5.09. The van der Waals surface area contributed by atoms with Crippen LogP contribution in [0.4, 0.5) is 0 Å². The molecule has 0 aliphatic rings. The monoisotopic (exact) mass is 160 g/mol. The van der Waals surface area contributed by atoms with Gasteiger partial charge in [0.05, 0.1) is 12.5 Å². The number of aliphatic hydroxyl groups excluding tert-OH is 1. The third-order valence-corrected chi connectivity index (χ3v) is 1.71. The van der Waals surface area contributed by atoms with Gasteiger partial charge in [0.15, 0.2) is 0 Å². The highest BCUT2D eigenvalue weighted by molar-refractivity contribution is 5.72. The van der Waals surface area contributed by atoms with Crippen molar-refractivity contribution in [3.05, 3.63) is 0 Å². The fourth-order valence-corrected chi connectivity index (χ4v) is 0.550. The molecule has 0 aliphatic carbocycles. The Labute approximate surface area is 67.4 Å². The molecular weight excluding hydrogens is 144 g/mol. The van der Waals surface area contributed by atoms with Crippen molar-refractivity contribution in [3.63, 3.8) is 0 Å². The Morgan fingerprint density at radius 3 is 2.36 bits per heavy atom. The molecule has 0 saturated carbocycles. The summed E-state index contributed by atoms with van der Waals surface area (Å²) in [5.74, 6) is -0.0169. The van der Waals surface area contributed by atoms with Gasteiger partial charge in [-0.3, -0.25) is 4.79 Å². The third-order valence-electron chi connectivity index (χ3n) is 1.71. The van der Waals surface area contributed by atoms with Crippen molar-refractivity contribution in [1.82, 2.24) is 0 Å². The molecular formula is C8H16O3. The second kappa shape index (κ2) is 5.13. The molecule has 0 aliphatic heterocycles. The minimum Gasteiger partial charge on any atom is -0.463 e. The van der Waals surface area contributed by atoms with Gasteiger partial charge in [-0.05, 0) is 5.92 Å². The van der Waals surface area contributed by atoms with E-state index in [1.807, 2.05) is 20.8 Å². The molecule has 0 spiro atoms. The summed E-state index contributed by atoms with van der Waals surface area (Å²) in [6.45, 7) is 5.76. The molecule has 66 valence electrons. The minimum atomic E-state index is -0.228. The topological polar surface area (TPSA) is 46.5 Å². The standard InChI is InChI=1S/C8H16O3/c1-6(2)7(3)8(10)11-5-4-9/h6-7,9H,4-5H2,1-3H3. The second-order valence-electron chi connectivity index (χ2n) is 2.92. The van der Waals surface area contributed by atoms with Crippen molar-refractivity contribution >= 4 is 5.97 Å². The lowest BCUT2D eigenvalue weighted by atomic mass is 9.99. The summed E-state index contributed by atoms with van der Waals surface area (Å²) < 4.78 is 4.73. The molecule has 0 aromatic carbocycles. The molecule has 1 unspecified atom stereocenters. The predicted molar refractivity (Wildman–Crippen MR) is 42.0 cm³/mol. The lowest BCUT2D eigenvalue weighted by Crippen LogP contribution is -2.20. The first-order valence-electron chi connectivity index (χ1n) is 3.87. The van der Waals surface area contributed by atoms with E-state index in [9.17, 15) is 4.79 Å². The fraction of sp³-hybridized carbons (Fsp3) is 0.875. The van der Waals surface area contributed by atoms with E-state index in [0.717, 1.165) is 0 Å². The molecule has 0 heterocycles. The molecule has 0 amide bonds. The molecule has 0 aromatic rings. The minimum absolute atomic E-state index is 0.0819. The van der Waals surface area contributed by atoms with Crippen LogP contribution in [0.3, 0.4) is 0 Å². The summed E-state index contributed by atoms with van der Waals surface area (Å²) in [4.78, 5) is 11.0. The molecule has 11 heavy (non-hydrogen) atoms. The van der Waals surface area contributed by atoms with Crippen molar-refractivity contribution in [3.8, 4) is 0 Å². The van der Waals surface area contributed by atoms with E-state index in [4.69, 9.17) is 9.84 Å². The molecule has 0 radical (unpaired) electrons. The first kappa shape index (κ1) is 10.4. The fourth-order valence-electron chi connectivity index (χ4n) is 0.550. The molecule has 0 aromatic heterocycles. The zero-order valence-electron chi connectivity index (χ0n) is 7.33. The van der Waals surface area contributed by atoms with Crippen LogP contribution in [0.15, 0.2) is 0 Å². The van der Waals surface area contributed by atoms with E-state index < -0.39 is 0 Å². The summed E-state index contributed by atoms with van der Waals surface area (Å²) in [5, 5.41) is 8.36. The number of carbonyl (C=O) groups excluding carboxylic acids is 1. The van der Waals surface area contributed by atoms with E-state index in [0.29, 0.717) is 5.92 Å². The van der Waals surface area contributed by atoms with Gasteiger partial charge < -0.3 is 9.84 Å². The van der Waals surface area contributed by atoms with Gasteiger partial charge in [-0.2, -0.15) is 0 Å². The second-order valence-corrected chi connectivity index (χ2v) is 2.92. The van der Waals surface area contributed by atoms with E-state index >= 15 is 0 Å². The number of aliphatic hydroxyl groups is 1. The maximum absolute atomic E-state index is 11.0.